The molecule has 0 saturated heterocycles. The van der Waals surface area contributed by atoms with Crippen LogP contribution >= 0.6 is 0 Å². The predicted molar refractivity (Wildman–Crippen MR) is 94.0 cm³/mol. The summed E-state index contributed by atoms with van der Waals surface area (Å²) in [5.41, 5.74) is 9.64. The van der Waals surface area contributed by atoms with E-state index >= 15 is 0 Å². The highest BCUT2D eigenvalue weighted by atomic mass is 16.1. The summed E-state index contributed by atoms with van der Waals surface area (Å²) in [6.45, 7) is 0. The van der Waals surface area contributed by atoms with Gasteiger partial charge in [0.2, 0.25) is 6.41 Å². The van der Waals surface area contributed by atoms with Gasteiger partial charge in [-0.1, -0.05) is 0 Å². The number of amides is 1. The zero-order valence-corrected chi connectivity index (χ0v) is 13.0. The van der Waals surface area contributed by atoms with E-state index < -0.39 is 0 Å². The Morgan fingerprint density at radius 2 is 1.96 bits per heavy atom. The lowest BCUT2D eigenvalue weighted by Gasteiger charge is -2.04. The summed E-state index contributed by atoms with van der Waals surface area (Å²) in [4.78, 5) is 23.1. The lowest BCUT2D eigenvalue weighted by molar-refractivity contribution is -0.105. The first-order valence-electron chi connectivity index (χ1n) is 7.48. The molecule has 0 bridgehead atoms. The van der Waals surface area contributed by atoms with Gasteiger partial charge in [0, 0.05) is 23.6 Å². The largest absolute Gasteiger partial charge is 0.383 e. The number of carbonyl (C=O) groups is 1. The van der Waals surface area contributed by atoms with Gasteiger partial charge in [-0.15, -0.1) is 0 Å². The van der Waals surface area contributed by atoms with Crippen LogP contribution in [0.15, 0.2) is 55.1 Å². The Bertz CT molecular complexity index is 1040. The molecule has 8 heteroatoms. The monoisotopic (exact) mass is 331 g/mol. The third kappa shape index (κ3) is 2.55. The number of nitrogen functional groups attached to an aromatic ring is 1. The number of aromatic nitrogens is 5. The van der Waals surface area contributed by atoms with E-state index in [1.165, 1.54) is 6.33 Å². The van der Waals surface area contributed by atoms with Crippen LogP contribution in [0.25, 0.3) is 28.0 Å². The Kier molecular flexibility index (Phi) is 3.55. The highest BCUT2D eigenvalue weighted by Crippen LogP contribution is 2.31. The standard InChI is InChI=1S/C17H13N7O/c18-16-14-15(11-2-1-7-19-8-11)23-24(17(14)21-9-20-16)13-5-3-12(4-6-13)22-10-25/h1-10H,(H,22,25)(H2,18,20,21). The number of nitrogens with one attached hydrogen (secondary N) is 1. The molecule has 4 aromatic rings. The van der Waals surface area contributed by atoms with Gasteiger partial charge in [-0.2, -0.15) is 5.10 Å². The molecular formula is C17H13N7O. The Balaban J connectivity index is 1.93. The number of fused-ring (bicyclic) bond motifs is 1. The maximum Gasteiger partial charge on any atom is 0.211 e. The highest BCUT2D eigenvalue weighted by Gasteiger charge is 2.17. The van der Waals surface area contributed by atoms with Crippen molar-refractivity contribution in [1.29, 1.82) is 0 Å². The minimum Gasteiger partial charge on any atom is -0.383 e. The minimum absolute atomic E-state index is 0.356. The number of hydrogen-bond acceptors (Lipinski definition) is 6. The molecule has 122 valence electrons. The van der Waals surface area contributed by atoms with Crippen molar-refractivity contribution in [2.24, 2.45) is 0 Å². The van der Waals surface area contributed by atoms with Gasteiger partial charge in [-0.25, -0.2) is 14.6 Å². The molecule has 4 rings (SSSR count). The third-order valence-corrected chi connectivity index (χ3v) is 3.77. The van der Waals surface area contributed by atoms with E-state index in [0.29, 0.717) is 34.6 Å². The summed E-state index contributed by atoms with van der Waals surface area (Å²) in [6, 6.07) is 11.0. The number of nitrogens with zero attached hydrogens (tertiary/aromatic N) is 5. The molecule has 0 aliphatic rings. The number of pyridine rings is 1. The molecule has 0 fully saturated rings. The summed E-state index contributed by atoms with van der Waals surface area (Å²) in [5, 5.41) is 7.94. The quantitative estimate of drug-likeness (QED) is 0.553. The van der Waals surface area contributed by atoms with E-state index in [1.54, 1.807) is 29.2 Å². The molecule has 0 radical (unpaired) electrons. The maximum atomic E-state index is 10.5. The fourth-order valence-corrected chi connectivity index (χ4v) is 2.63. The van der Waals surface area contributed by atoms with Crippen molar-refractivity contribution in [3.8, 4) is 16.9 Å². The van der Waals surface area contributed by atoms with Crippen LogP contribution in [0, 0.1) is 0 Å². The van der Waals surface area contributed by atoms with Gasteiger partial charge >= 0.3 is 0 Å². The molecule has 0 unspecified atom stereocenters. The van der Waals surface area contributed by atoms with Crippen molar-refractivity contribution >= 4 is 28.9 Å². The molecule has 25 heavy (non-hydrogen) atoms. The van der Waals surface area contributed by atoms with Crippen LogP contribution in [0.4, 0.5) is 11.5 Å². The number of carbonyl (C=O) groups excluding carboxylic acids is 1. The van der Waals surface area contributed by atoms with Gasteiger partial charge in [-0.05, 0) is 36.4 Å². The molecule has 1 amide bonds. The topological polar surface area (TPSA) is 112 Å². The summed E-state index contributed by atoms with van der Waals surface area (Å²) in [6.07, 6.45) is 5.45. The fraction of sp³-hybridized carbons (Fsp3) is 0. The highest BCUT2D eigenvalue weighted by molar-refractivity contribution is 5.98. The van der Waals surface area contributed by atoms with Crippen LogP contribution < -0.4 is 11.1 Å². The van der Waals surface area contributed by atoms with E-state index in [-0.39, 0.29) is 0 Å². The Morgan fingerprint density at radius 3 is 2.68 bits per heavy atom. The van der Waals surface area contributed by atoms with Gasteiger partial charge in [0.1, 0.15) is 17.8 Å². The Hall–Kier alpha value is -3.81. The van der Waals surface area contributed by atoms with E-state index in [2.05, 4.69) is 25.4 Å². The second kappa shape index (κ2) is 6.00. The Morgan fingerprint density at radius 1 is 1.12 bits per heavy atom. The van der Waals surface area contributed by atoms with Gasteiger partial charge in [0.05, 0.1) is 11.1 Å². The SMILES string of the molecule is Nc1ncnc2c1c(-c1cccnc1)nn2-c1ccc(NC=O)cc1. The molecular weight excluding hydrogens is 318 g/mol. The van der Waals surface area contributed by atoms with Crippen molar-refractivity contribution in [3.63, 3.8) is 0 Å². The lowest BCUT2D eigenvalue weighted by Crippen LogP contribution is -2.00. The van der Waals surface area contributed by atoms with Crippen LogP contribution in [0.1, 0.15) is 0 Å². The average molecular weight is 331 g/mol. The first-order valence-corrected chi connectivity index (χ1v) is 7.48. The number of hydrogen-bond donors (Lipinski definition) is 2. The zero-order valence-electron chi connectivity index (χ0n) is 13.0. The minimum atomic E-state index is 0.356. The van der Waals surface area contributed by atoms with Crippen molar-refractivity contribution in [1.82, 2.24) is 24.7 Å². The molecule has 0 aliphatic carbocycles. The molecule has 0 atom stereocenters. The van der Waals surface area contributed by atoms with Crippen LogP contribution in [-0.2, 0) is 4.79 Å². The van der Waals surface area contributed by atoms with Crippen LogP contribution in [0.5, 0.6) is 0 Å². The van der Waals surface area contributed by atoms with Gasteiger partial charge in [0.15, 0.2) is 5.65 Å². The van der Waals surface area contributed by atoms with E-state index in [9.17, 15) is 4.79 Å². The van der Waals surface area contributed by atoms with Gasteiger partial charge in [0.25, 0.3) is 0 Å². The number of anilines is 2. The molecule has 3 heterocycles. The summed E-state index contributed by atoms with van der Waals surface area (Å²) in [5.74, 6) is 0.356. The molecule has 3 aromatic heterocycles. The van der Waals surface area contributed by atoms with Crippen molar-refractivity contribution in [2.45, 2.75) is 0 Å². The molecule has 0 spiro atoms. The summed E-state index contributed by atoms with van der Waals surface area (Å²) >= 11 is 0. The summed E-state index contributed by atoms with van der Waals surface area (Å²) < 4.78 is 1.69. The molecule has 0 saturated carbocycles. The van der Waals surface area contributed by atoms with E-state index in [0.717, 1.165) is 11.3 Å². The molecule has 1 aromatic carbocycles. The van der Waals surface area contributed by atoms with Crippen molar-refractivity contribution < 1.29 is 4.79 Å². The second-order valence-corrected chi connectivity index (χ2v) is 5.27. The van der Waals surface area contributed by atoms with Crippen LogP contribution in [-0.4, -0.2) is 31.1 Å². The first-order chi connectivity index (χ1) is 12.3. The number of nitrogens with two attached hydrogens (primary N) is 1. The molecule has 3 N–H and O–H groups in total. The molecule has 8 nitrogen and oxygen atoms in total. The van der Waals surface area contributed by atoms with Crippen molar-refractivity contribution in [2.75, 3.05) is 11.1 Å². The number of rotatable bonds is 4. The Labute approximate surface area is 142 Å². The first kappa shape index (κ1) is 14.8. The third-order valence-electron chi connectivity index (χ3n) is 3.77. The van der Waals surface area contributed by atoms with Gasteiger partial charge < -0.3 is 11.1 Å². The molecule has 0 aliphatic heterocycles. The normalized spacial score (nSPS) is 10.7. The average Bonchev–Trinajstić information content (AvgIpc) is 3.04. The van der Waals surface area contributed by atoms with E-state index in [4.69, 9.17) is 5.73 Å². The van der Waals surface area contributed by atoms with Gasteiger partial charge in [-0.3, -0.25) is 9.78 Å². The number of benzene rings is 1. The second-order valence-electron chi connectivity index (χ2n) is 5.27. The zero-order chi connectivity index (χ0) is 17.2. The predicted octanol–water partition coefficient (Wildman–Crippen LogP) is 2.03. The van der Waals surface area contributed by atoms with Crippen molar-refractivity contribution in [3.05, 3.63) is 55.1 Å². The lowest BCUT2D eigenvalue weighted by atomic mass is 10.1. The summed E-state index contributed by atoms with van der Waals surface area (Å²) in [7, 11) is 0. The maximum absolute atomic E-state index is 10.5. The van der Waals surface area contributed by atoms with E-state index in [1.807, 2.05) is 24.3 Å². The van der Waals surface area contributed by atoms with Crippen LogP contribution in [0.3, 0.4) is 0 Å². The van der Waals surface area contributed by atoms with Crippen LogP contribution in [0.2, 0.25) is 0 Å². The smallest absolute Gasteiger partial charge is 0.211 e. The fourth-order valence-electron chi connectivity index (χ4n) is 2.63.